The van der Waals surface area contributed by atoms with E-state index in [1.807, 2.05) is 6.07 Å². The number of hydrogen-bond acceptors (Lipinski definition) is 2. The molecule has 1 aliphatic carbocycles. The molecule has 0 bridgehead atoms. The van der Waals surface area contributed by atoms with E-state index in [1.54, 1.807) is 0 Å². The van der Waals surface area contributed by atoms with Crippen molar-refractivity contribution in [2.45, 2.75) is 31.8 Å². The molecule has 1 aliphatic rings. The van der Waals surface area contributed by atoms with Gasteiger partial charge in [-0.3, -0.25) is 0 Å². The van der Waals surface area contributed by atoms with Gasteiger partial charge in [0.15, 0.2) is 0 Å². The normalized spacial score (nSPS) is 29.7. The topological polar surface area (TPSA) is 23.5 Å². The molecule has 0 radical (unpaired) electrons. The van der Waals surface area contributed by atoms with Crippen molar-refractivity contribution >= 4 is 0 Å². The molecule has 2 aromatic rings. The number of fused-ring (bicyclic) bond motifs is 1. The fourth-order valence-electron chi connectivity index (χ4n) is 4.68. The molecule has 0 aromatic heterocycles. The van der Waals surface area contributed by atoms with Crippen LogP contribution < -0.4 is 0 Å². The largest absolute Gasteiger partial charge is 0.385 e. The summed E-state index contributed by atoms with van der Waals surface area (Å²) in [6.45, 7) is 5.18. The van der Waals surface area contributed by atoms with Crippen LogP contribution in [0.1, 0.15) is 42.9 Å². The molecule has 2 nitrogen and oxygen atoms in total. The molecule has 0 aliphatic heterocycles. The Bertz CT molecular complexity index is 681. The van der Waals surface area contributed by atoms with Crippen molar-refractivity contribution in [3.63, 3.8) is 0 Å². The quantitative estimate of drug-likeness (QED) is 0.923. The van der Waals surface area contributed by atoms with Crippen LogP contribution in [0.25, 0.3) is 0 Å². The predicted molar refractivity (Wildman–Crippen MR) is 95.6 cm³/mol. The van der Waals surface area contributed by atoms with E-state index >= 15 is 0 Å². The third kappa shape index (κ3) is 2.32. The minimum Gasteiger partial charge on any atom is -0.385 e. The molecule has 0 saturated heterocycles. The van der Waals surface area contributed by atoms with Crippen molar-refractivity contribution in [3.05, 3.63) is 71.3 Å². The van der Waals surface area contributed by atoms with Crippen LogP contribution in [0.5, 0.6) is 0 Å². The van der Waals surface area contributed by atoms with Gasteiger partial charge >= 0.3 is 0 Å². The Labute approximate surface area is 139 Å². The summed E-state index contributed by atoms with van der Waals surface area (Å²) in [6, 6.07) is 19.1. The van der Waals surface area contributed by atoms with Gasteiger partial charge in [0.05, 0.1) is 5.60 Å². The van der Waals surface area contributed by atoms with E-state index in [4.69, 9.17) is 0 Å². The van der Waals surface area contributed by atoms with Gasteiger partial charge in [0, 0.05) is 17.9 Å². The summed E-state index contributed by atoms with van der Waals surface area (Å²) in [5.74, 6) is 0.201. The van der Waals surface area contributed by atoms with Gasteiger partial charge in [-0.2, -0.15) is 0 Å². The predicted octanol–water partition coefficient (Wildman–Crippen LogP) is 4.00. The lowest BCUT2D eigenvalue weighted by molar-refractivity contribution is -0.0889. The van der Waals surface area contributed by atoms with Crippen LogP contribution in [0, 0.1) is 5.41 Å². The smallest absolute Gasteiger partial charge is 0.0971 e. The molecule has 3 atom stereocenters. The molecule has 0 heterocycles. The summed E-state index contributed by atoms with van der Waals surface area (Å²) in [5.41, 5.74) is 2.58. The van der Waals surface area contributed by atoms with Crippen molar-refractivity contribution < 1.29 is 5.11 Å². The highest BCUT2D eigenvalue weighted by Gasteiger charge is 2.58. The molecule has 1 N–H and O–H groups in total. The first-order valence-electron chi connectivity index (χ1n) is 8.45. The van der Waals surface area contributed by atoms with Crippen molar-refractivity contribution in [3.8, 4) is 0 Å². The lowest BCUT2D eigenvalue weighted by Crippen LogP contribution is -2.48. The summed E-state index contributed by atoms with van der Waals surface area (Å²) < 4.78 is 0. The van der Waals surface area contributed by atoms with Crippen LogP contribution in [0.4, 0.5) is 0 Å². The Morgan fingerprint density at radius 1 is 1.00 bits per heavy atom. The van der Waals surface area contributed by atoms with Crippen LogP contribution in [0.2, 0.25) is 0 Å². The molecular weight excluding hydrogens is 282 g/mol. The van der Waals surface area contributed by atoms with Gasteiger partial charge in [-0.1, -0.05) is 68.4 Å². The van der Waals surface area contributed by atoms with Gasteiger partial charge in [-0.15, -0.1) is 0 Å². The van der Waals surface area contributed by atoms with Crippen LogP contribution in [0.15, 0.2) is 54.6 Å². The van der Waals surface area contributed by atoms with E-state index in [2.05, 4.69) is 81.4 Å². The van der Waals surface area contributed by atoms with Crippen molar-refractivity contribution in [2.24, 2.45) is 5.41 Å². The number of nitrogens with zero attached hydrogens (tertiary/aromatic N) is 1. The first kappa shape index (κ1) is 16.2. The van der Waals surface area contributed by atoms with E-state index in [0.717, 1.165) is 18.5 Å². The number of aliphatic hydroxyl groups is 1. The Morgan fingerprint density at radius 2 is 1.61 bits per heavy atom. The van der Waals surface area contributed by atoms with E-state index in [9.17, 15) is 5.11 Å². The van der Waals surface area contributed by atoms with E-state index in [0.29, 0.717) is 0 Å². The fourth-order valence-corrected chi connectivity index (χ4v) is 4.68. The van der Waals surface area contributed by atoms with E-state index in [1.165, 1.54) is 11.1 Å². The number of benzene rings is 2. The molecule has 0 amide bonds. The van der Waals surface area contributed by atoms with Crippen molar-refractivity contribution in [1.82, 2.24) is 4.90 Å². The Morgan fingerprint density at radius 3 is 2.22 bits per heavy atom. The SMILES string of the molecule is CC[C@]1(O)c2ccccc2[C@H](c2ccccc2)[C@]1(C)CN(C)C. The highest BCUT2D eigenvalue weighted by molar-refractivity contribution is 5.50. The molecule has 2 heteroatoms. The van der Waals surface area contributed by atoms with Crippen LogP contribution in [-0.2, 0) is 5.60 Å². The second-order valence-corrected chi connectivity index (χ2v) is 7.30. The molecule has 0 fully saturated rings. The summed E-state index contributed by atoms with van der Waals surface area (Å²) in [6.07, 6.45) is 0.720. The molecule has 23 heavy (non-hydrogen) atoms. The molecule has 122 valence electrons. The number of rotatable bonds is 4. The van der Waals surface area contributed by atoms with Crippen molar-refractivity contribution in [2.75, 3.05) is 20.6 Å². The Kier molecular flexibility index (Phi) is 4.07. The fraction of sp³-hybridized carbons (Fsp3) is 0.429. The minimum atomic E-state index is -0.811. The molecule has 2 aromatic carbocycles. The molecule has 0 saturated carbocycles. The average Bonchev–Trinajstić information content (AvgIpc) is 2.73. The van der Waals surface area contributed by atoms with Crippen LogP contribution >= 0.6 is 0 Å². The van der Waals surface area contributed by atoms with Gasteiger partial charge in [0.2, 0.25) is 0 Å². The Hall–Kier alpha value is -1.64. The maximum absolute atomic E-state index is 11.7. The van der Waals surface area contributed by atoms with Gasteiger partial charge < -0.3 is 10.0 Å². The lowest BCUT2D eigenvalue weighted by atomic mass is 9.65. The maximum atomic E-state index is 11.7. The van der Waals surface area contributed by atoms with Gasteiger partial charge in [0.1, 0.15) is 0 Å². The number of hydrogen-bond donors (Lipinski definition) is 1. The second-order valence-electron chi connectivity index (χ2n) is 7.30. The minimum absolute atomic E-state index is 0.201. The molecule has 3 rings (SSSR count). The third-order valence-electron chi connectivity index (χ3n) is 5.59. The molecular formula is C21H27NO. The van der Waals surface area contributed by atoms with Gasteiger partial charge in [0.25, 0.3) is 0 Å². The molecule has 0 unspecified atom stereocenters. The van der Waals surface area contributed by atoms with Crippen molar-refractivity contribution in [1.29, 1.82) is 0 Å². The highest BCUT2D eigenvalue weighted by Crippen LogP contribution is 2.61. The summed E-state index contributed by atoms with van der Waals surface area (Å²) >= 11 is 0. The Balaban J connectivity index is 2.26. The standard InChI is InChI=1S/C21H27NO/c1-5-21(23)18-14-10-9-13-17(18)19(16-11-7-6-8-12-16)20(21,2)15-22(3)4/h6-14,19,23H,5,15H2,1-4H3/t19-,20-,21-/m0/s1. The van der Waals surface area contributed by atoms with Crippen LogP contribution in [0.3, 0.4) is 0 Å². The third-order valence-corrected chi connectivity index (χ3v) is 5.59. The zero-order chi connectivity index (χ0) is 16.7. The highest BCUT2D eigenvalue weighted by atomic mass is 16.3. The van der Waals surface area contributed by atoms with E-state index < -0.39 is 5.60 Å². The first-order chi connectivity index (χ1) is 10.9. The average molecular weight is 309 g/mol. The molecule has 0 spiro atoms. The second kappa shape index (κ2) is 5.77. The maximum Gasteiger partial charge on any atom is 0.0971 e. The summed E-state index contributed by atoms with van der Waals surface area (Å²) in [7, 11) is 4.18. The first-order valence-corrected chi connectivity index (χ1v) is 8.45. The lowest BCUT2D eigenvalue weighted by Gasteiger charge is -2.45. The monoisotopic (exact) mass is 309 g/mol. The van der Waals surface area contributed by atoms with Gasteiger partial charge in [-0.05, 0) is 37.2 Å². The zero-order valence-corrected chi connectivity index (χ0v) is 14.6. The van der Waals surface area contributed by atoms with Crippen LogP contribution in [-0.4, -0.2) is 30.6 Å². The summed E-state index contributed by atoms with van der Waals surface area (Å²) in [4.78, 5) is 2.20. The van der Waals surface area contributed by atoms with E-state index in [-0.39, 0.29) is 11.3 Å². The zero-order valence-electron chi connectivity index (χ0n) is 14.6. The van der Waals surface area contributed by atoms with Gasteiger partial charge in [-0.25, -0.2) is 0 Å². The summed E-state index contributed by atoms with van der Waals surface area (Å²) in [5, 5.41) is 11.7.